The molecule has 8 nitrogen and oxygen atoms in total. The van der Waals surface area contributed by atoms with Crippen LogP contribution < -0.4 is 0 Å². The minimum Gasteiger partial charge on any atom is -0.481 e. The number of carbonyl (C=O) groups is 4. The molecule has 33 heavy (non-hydrogen) atoms. The molecule has 4 unspecified atom stereocenters. The molecule has 1 aliphatic carbocycles. The van der Waals surface area contributed by atoms with Gasteiger partial charge in [-0.05, 0) is 37.5 Å². The number of unbranched alkanes of at least 4 members (excludes halogenated alkanes) is 2. The van der Waals surface area contributed by atoms with Crippen LogP contribution in [-0.2, 0) is 23.9 Å². The smallest absolute Gasteiger partial charge is 0.318 e. The number of carbonyl (C=O) groups excluding carboxylic acids is 2. The average molecular weight is 467 g/mol. The van der Waals surface area contributed by atoms with Crippen molar-refractivity contribution in [2.24, 2.45) is 22.7 Å². The number of aliphatic carboxylic acids is 2. The molecule has 0 spiro atoms. The third-order valence-corrected chi connectivity index (χ3v) is 6.65. The fraction of sp³-hybridized carbons (Fsp3) is 0.680. The molecule has 0 radical (unpaired) electrons. The second-order valence-electron chi connectivity index (χ2n) is 9.44. The number of aliphatic hydroxyl groups excluding tert-OH is 1. The van der Waals surface area contributed by atoms with Crippen molar-refractivity contribution in [2.75, 3.05) is 7.11 Å². The van der Waals surface area contributed by atoms with Crippen LogP contribution in [0.2, 0.25) is 0 Å². The van der Waals surface area contributed by atoms with Crippen LogP contribution in [0.15, 0.2) is 24.3 Å². The van der Waals surface area contributed by atoms with Crippen LogP contribution in [0, 0.1) is 22.7 Å². The zero-order chi connectivity index (χ0) is 25.2. The van der Waals surface area contributed by atoms with E-state index in [0.717, 1.165) is 19.3 Å². The van der Waals surface area contributed by atoms with Gasteiger partial charge in [0, 0.05) is 12.3 Å². The molecule has 0 aromatic rings. The third kappa shape index (κ3) is 7.25. The number of ether oxygens (including phenoxy) is 1. The molecule has 4 atom stereocenters. The van der Waals surface area contributed by atoms with Gasteiger partial charge in [0.25, 0.3) is 0 Å². The van der Waals surface area contributed by atoms with Crippen LogP contribution in [0.25, 0.3) is 0 Å². The van der Waals surface area contributed by atoms with Crippen LogP contribution in [-0.4, -0.2) is 52.2 Å². The van der Waals surface area contributed by atoms with E-state index in [1.54, 1.807) is 12.2 Å². The first kappa shape index (κ1) is 28.6. The highest BCUT2D eigenvalue weighted by molar-refractivity contribution is 6.13. The topological polar surface area (TPSA) is 138 Å². The van der Waals surface area contributed by atoms with E-state index >= 15 is 0 Å². The highest BCUT2D eigenvalue weighted by atomic mass is 16.5. The highest BCUT2D eigenvalue weighted by Crippen LogP contribution is 2.48. The van der Waals surface area contributed by atoms with E-state index in [2.05, 4.69) is 11.7 Å². The van der Waals surface area contributed by atoms with E-state index in [9.17, 15) is 34.5 Å². The van der Waals surface area contributed by atoms with E-state index in [1.807, 2.05) is 13.8 Å². The lowest BCUT2D eigenvalue weighted by Crippen LogP contribution is -2.42. The van der Waals surface area contributed by atoms with E-state index in [-0.39, 0.29) is 25.2 Å². The number of carboxylic acid groups (broad SMARTS) is 2. The van der Waals surface area contributed by atoms with Crippen molar-refractivity contribution >= 4 is 23.7 Å². The summed E-state index contributed by atoms with van der Waals surface area (Å²) in [6.07, 6.45) is 9.04. The maximum atomic E-state index is 13.0. The molecule has 0 aromatic heterocycles. The van der Waals surface area contributed by atoms with Gasteiger partial charge in [-0.25, -0.2) is 0 Å². The molecule has 3 N–H and O–H groups in total. The average Bonchev–Trinajstić information content (AvgIpc) is 3.05. The molecule has 186 valence electrons. The molecule has 1 aliphatic rings. The van der Waals surface area contributed by atoms with Crippen LogP contribution >= 0.6 is 0 Å². The summed E-state index contributed by atoms with van der Waals surface area (Å²) < 4.78 is 4.57. The Bertz CT molecular complexity index is 766. The van der Waals surface area contributed by atoms with Crippen LogP contribution in [0.5, 0.6) is 0 Å². The van der Waals surface area contributed by atoms with Crippen molar-refractivity contribution in [1.29, 1.82) is 0 Å². The van der Waals surface area contributed by atoms with Gasteiger partial charge in [0.1, 0.15) is 11.3 Å². The Hall–Kier alpha value is -2.48. The number of aliphatic hydroxyl groups is 1. The van der Waals surface area contributed by atoms with Gasteiger partial charge < -0.3 is 20.1 Å². The Balaban J connectivity index is 3.11. The summed E-state index contributed by atoms with van der Waals surface area (Å²) in [7, 11) is 1.30. The van der Waals surface area contributed by atoms with Crippen molar-refractivity contribution in [2.45, 2.75) is 78.2 Å². The summed E-state index contributed by atoms with van der Waals surface area (Å²) in [4.78, 5) is 48.2. The first-order valence-corrected chi connectivity index (χ1v) is 11.5. The number of esters is 1. The van der Waals surface area contributed by atoms with Gasteiger partial charge >= 0.3 is 17.9 Å². The van der Waals surface area contributed by atoms with Gasteiger partial charge in [-0.1, -0.05) is 57.9 Å². The highest BCUT2D eigenvalue weighted by Gasteiger charge is 2.60. The first-order chi connectivity index (χ1) is 15.4. The summed E-state index contributed by atoms with van der Waals surface area (Å²) in [5.41, 5.74) is -2.35. The lowest BCUT2D eigenvalue weighted by molar-refractivity contribution is -0.156. The molecule has 8 heteroatoms. The van der Waals surface area contributed by atoms with E-state index in [4.69, 9.17) is 0 Å². The molecular weight excluding hydrogens is 428 g/mol. The second kappa shape index (κ2) is 12.7. The fourth-order valence-corrected chi connectivity index (χ4v) is 4.25. The fourth-order valence-electron chi connectivity index (χ4n) is 4.25. The number of carboxylic acids is 2. The molecule has 0 bridgehead atoms. The van der Waals surface area contributed by atoms with Gasteiger partial charge in [0.2, 0.25) is 0 Å². The quantitative estimate of drug-likeness (QED) is 0.152. The minimum absolute atomic E-state index is 0.130. The van der Waals surface area contributed by atoms with Crippen LogP contribution in [0.3, 0.4) is 0 Å². The minimum atomic E-state index is -1.91. The van der Waals surface area contributed by atoms with Crippen molar-refractivity contribution in [3.05, 3.63) is 24.3 Å². The zero-order valence-corrected chi connectivity index (χ0v) is 20.1. The third-order valence-electron chi connectivity index (χ3n) is 6.65. The second-order valence-corrected chi connectivity index (χ2v) is 9.44. The number of ketones is 1. The Kier molecular flexibility index (Phi) is 11.0. The number of hydrogen-bond donors (Lipinski definition) is 3. The number of methoxy groups -OCH3 is 1. The molecule has 0 heterocycles. The maximum Gasteiger partial charge on any atom is 0.318 e. The molecule has 0 aromatic carbocycles. The monoisotopic (exact) mass is 466 g/mol. The van der Waals surface area contributed by atoms with Crippen LogP contribution in [0.1, 0.15) is 72.1 Å². The number of hydrogen-bond acceptors (Lipinski definition) is 6. The molecule has 1 rings (SSSR count). The number of Topliss-reactive ketones (excluding diaryl/α,β-unsaturated/α-hetero) is 1. The largest absolute Gasteiger partial charge is 0.481 e. The SMILES string of the molecule is CCCCC(C)(C)C(O)C=CC1CC(C(=O)O)C(=O)C1(CC=CCCCC(=O)OC)C(=O)O. The van der Waals surface area contributed by atoms with Crippen molar-refractivity contribution in [3.63, 3.8) is 0 Å². The van der Waals surface area contributed by atoms with E-state index < -0.39 is 46.5 Å². The first-order valence-electron chi connectivity index (χ1n) is 11.5. The molecule has 0 aliphatic heterocycles. The molecule has 1 fully saturated rings. The number of rotatable bonds is 14. The summed E-state index contributed by atoms with van der Waals surface area (Å²) in [6, 6.07) is 0. The van der Waals surface area contributed by atoms with Gasteiger partial charge in [-0.2, -0.15) is 0 Å². The Labute approximate surface area is 195 Å². The molecule has 1 saturated carbocycles. The Morgan fingerprint density at radius 1 is 1.21 bits per heavy atom. The molecule has 0 amide bonds. The molecule has 0 saturated heterocycles. The van der Waals surface area contributed by atoms with Crippen LogP contribution in [0.4, 0.5) is 0 Å². The lowest BCUT2D eigenvalue weighted by atomic mass is 9.73. The standard InChI is InChI=1S/C25H38O8/c1-5-6-14-24(2,3)19(26)13-12-17-16-18(22(29)30)21(28)25(17,23(31)32)15-10-8-7-9-11-20(27)33-4/h8,10,12-13,17-19,26H,5-7,9,11,14-16H2,1-4H3,(H,29,30)(H,31,32). The van der Waals surface area contributed by atoms with E-state index in [0.29, 0.717) is 12.8 Å². The van der Waals surface area contributed by atoms with Gasteiger partial charge in [0.15, 0.2) is 5.78 Å². The van der Waals surface area contributed by atoms with Gasteiger partial charge in [0.05, 0.1) is 13.2 Å². The predicted octanol–water partition coefficient (Wildman–Crippen LogP) is 3.77. The summed E-state index contributed by atoms with van der Waals surface area (Å²) in [5.74, 6) is -6.15. The predicted molar refractivity (Wildman–Crippen MR) is 122 cm³/mol. The van der Waals surface area contributed by atoms with Crippen molar-refractivity contribution < 1.29 is 39.2 Å². The summed E-state index contributed by atoms with van der Waals surface area (Å²) in [6.45, 7) is 5.89. The lowest BCUT2D eigenvalue weighted by Gasteiger charge is -2.30. The van der Waals surface area contributed by atoms with Gasteiger partial charge in [-0.15, -0.1) is 0 Å². The van der Waals surface area contributed by atoms with Crippen molar-refractivity contribution in [3.8, 4) is 0 Å². The maximum absolute atomic E-state index is 13.0. The summed E-state index contributed by atoms with van der Waals surface area (Å²) in [5, 5.41) is 30.2. The van der Waals surface area contributed by atoms with Crippen molar-refractivity contribution in [1.82, 2.24) is 0 Å². The Morgan fingerprint density at radius 3 is 2.42 bits per heavy atom. The normalized spacial score (nSPS) is 24.5. The van der Waals surface area contributed by atoms with Gasteiger partial charge in [-0.3, -0.25) is 19.2 Å². The Morgan fingerprint density at radius 2 is 1.88 bits per heavy atom. The molecular formula is C25H38O8. The zero-order valence-electron chi connectivity index (χ0n) is 20.1. The summed E-state index contributed by atoms with van der Waals surface area (Å²) >= 11 is 0. The van der Waals surface area contributed by atoms with E-state index in [1.165, 1.54) is 19.3 Å². The number of allylic oxidation sites excluding steroid dienone is 3.